The van der Waals surface area contributed by atoms with Crippen LogP contribution in [0.3, 0.4) is 0 Å². The minimum Gasteiger partial charge on any atom is -0.493 e. The number of nitrogen functional groups attached to an aromatic ring is 1. The minimum atomic E-state index is -0.609. The van der Waals surface area contributed by atoms with Gasteiger partial charge in [0.05, 0.1) is 30.7 Å². The highest BCUT2D eigenvalue weighted by Gasteiger charge is 2.26. The Kier molecular flexibility index (Phi) is 8.25. The fourth-order valence-electron chi connectivity index (χ4n) is 4.16. The third-order valence-electron chi connectivity index (χ3n) is 5.96. The molecule has 0 saturated heterocycles. The highest BCUT2D eigenvalue weighted by Crippen LogP contribution is 2.34. The van der Waals surface area contributed by atoms with Gasteiger partial charge in [-0.3, -0.25) is 4.79 Å². The molecule has 4 rings (SSSR count). The van der Waals surface area contributed by atoms with E-state index in [0.29, 0.717) is 57.0 Å². The van der Waals surface area contributed by atoms with Crippen molar-refractivity contribution in [1.82, 2.24) is 9.99 Å². The number of nitrogens with two attached hydrogens (primary N) is 1. The van der Waals surface area contributed by atoms with Crippen molar-refractivity contribution in [3.63, 3.8) is 0 Å². The van der Waals surface area contributed by atoms with E-state index in [-0.39, 0.29) is 5.91 Å². The fourth-order valence-corrected chi connectivity index (χ4v) is 5.22. The number of nitrogens with zero attached hydrogens (tertiary/aromatic N) is 3. The van der Waals surface area contributed by atoms with Crippen molar-refractivity contribution in [2.24, 2.45) is 5.10 Å². The van der Waals surface area contributed by atoms with E-state index in [1.807, 2.05) is 45.9 Å². The van der Waals surface area contributed by atoms with Crippen LogP contribution in [0.15, 0.2) is 41.5 Å². The maximum absolute atomic E-state index is 13.5. The van der Waals surface area contributed by atoms with Crippen molar-refractivity contribution in [1.29, 1.82) is 0 Å². The van der Waals surface area contributed by atoms with Crippen molar-refractivity contribution < 1.29 is 23.8 Å². The number of benzene rings is 2. The van der Waals surface area contributed by atoms with E-state index in [4.69, 9.17) is 25.0 Å². The van der Waals surface area contributed by atoms with Crippen molar-refractivity contribution >= 4 is 34.6 Å². The first-order valence-corrected chi connectivity index (χ1v) is 13.6. The molecule has 0 bridgehead atoms. The van der Waals surface area contributed by atoms with E-state index in [9.17, 15) is 9.59 Å². The molecule has 0 atom stereocenters. The average molecular weight is 551 g/mol. The van der Waals surface area contributed by atoms with Crippen molar-refractivity contribution in [3.8, 4) is 22.1 Å². The summed E-state index contributed by atoms with van der Waals surface area (Å²) in [5.41, 5.74) is 9.37. The first kappa shape index (κ1) is 28.1. The molecule has 1 aliphatic rings. The predicted octanol–water partition coefficient (Wildman–Crippen LogP) is 5.70. The lowest BCUT2D eigenvalue weighted by molar-refractivity contribution is 0.00694. The zero-order valence-electron chi connectivity index (χ0n) is 23.2. The van der Waals surface area contributed by atoms with Gasteiger partial charge in [0.2, 0.25) is 0 Å². The summed E-state index contributed by atoms with van der Waals surface area (Å²) in [6.45, 7) is 10.2. The number of ether oxygens (including phenoxy) is 3. The first-order valence-electron chi connectivity index (χ1n) is 12.8. The van der Waals surface area contributed by atoms with Gasteiger partial charge in [-0.1, -0.05) is 0 Å². The molecule has 0 unspecified atom stereocenters. The summed E-state index contributed by atoms with van der Waals surface area (Å²) in [6, 6.07) is 10.6. The number of aromatic nitrogens is 1. The number of hydrogen-bond donors (Lipinski definition) is 1. The number of hydrogen-bond acceptors (Lipinski definition) is 9. The summed E-state index contributed by atoms with van der Waals surface area (Å²) in [6.07, 6.45) is 1.53. The third-order valence-corrected chi connectivity index (χ3v) is 7.14. The maximum atomic E-state index is 13.5. The van der Waals surface area contributed by atoms with Crippen LogP contribution < -0.4 is 15.2 Å². The number of esters is 1. The van der Waals surface area contributed by atoms with Crippen molar-refractivity contribution in [2.75, 3.05) is 26.0 Å². The van der Waals surface area contributed by atoms with E-state index < -0.39 is 11.6 Å². The number of carbonyl (C=O) groups excluding carboxylic acids is 2. The SMILES string of the molecule is CCOc1cc(C2=NN(C(=O)c3sc(-c4ccc(C(=O)OC(C)(C)C)cc4N)nc3C)CCC2)ccc1OC. The van der Waals surface area contributed by atoms with Crippen LogP contribution in [0.1, 0.15) is 71.8 Å². The first-order chi connectivity index (χ1) is 18.5. The second-order valence-corrected chi connectivity index (χ2v) is 11.1. The molecule has 9 nitrogen and oxygen atoms in total. The number of hydrazone groups is 1. The molecule has 2 aromatic carbocycles. The Balaban J connectivity index is 1.58. The molecule has 1 aliphatic heterocycles. The summed E-state index contributed by atoms with van der Waals surface area (Å²) in [5, 5.41) is 6.79. The van der Waals surface area contributed by atoms with E-state index in [1.54, 1.807) is 32.2 Å². The van der Waals surface area contributed by atoms with Crippen LogP contribution in [-0.2, 0) is 4.74 Å². The fraction of sp³-hybridized carbons (Fsp3) is 0.379. The monoisotopic (exact) mass is 550 g/mol. The molecule has 1 aromatic heterocycles. The standard InChI is InChI=1S/C29H34N4O5S/c1-7-37-24-16-18(11-13-23(24)36-6)22-9-8-14-33(32-22)27(34)25-17(2)31-26(39-25)20-12-10-19(15-21(20)30)28(35)38-29(3,4)5/h10-13,15-16H,7-9,14,30H2,1-6H3. The van der Waals surface area contributed by atoms with E-state index >= 15 is 0 Å². The average Bonchev–Trinajstić information content (AvgIpc) is 3.28. The van der Waals surface area contributed by atoms with Gasteiger partial charge in [0, 0.05) is 23.4 Å². The lowest BCUT2D eigenvalue weighted by Gasteiger charge is -2.24. The van der Waals surface area contributed by atoms with E-state index in [1.165, 1.54) is 16.3 Å². The molecule has 3 aromatic rings. The van der Waals surface area contributed by atoms with Crippen LogP contribution in [0.25, 0.3) is 10.6 Å². The molecule has 1 amide bonds. The molecule has 2 heterocycles. The van der Waals surface area contributed by atoms with Crippen molar-refractivity contribution in [2.45, 2.75) is 53.1 Å². The van der Waals surface area contributed by atoms with Gasteiger partial charge < -0.3 is 19.9 Å². The van der Waals surface area contributed by atoms with Gasteiger partial charge in [-0.25, -0.2) is 14.8 Å². The summed E-state index contributed by atoms with van der Waals surface area (Å²) >= 11 is 1.26. The van der Waals surface area contributed by atoms with E-state index in [2.05, 4.69) is 4.98 Å². The summed E-state index contributed by atoms with van der Waals surface area (Å²) < 4.78 is 16.5. The van der Waals surface area contributed by atoms with Crippen LogP contribution in [-0.4, -0.2) is 53.4 Å². The number of carbonyl (C=O) groups is 2. The van der Waals surface area contributed by atoms with Crippen LogP contribution >= 0.6 is 11.3 Å². The van der Waals surface area contributed by atoms with Crippen LogP contribution in [0.5, 0.6) is 11.5 Å². The molecule has 0 spiro atoms. The Bertz CT molecular complexity index is 1420. The summed E-state index contributed by atoms with van der Waals surface area (Å²) in [7, 11) is 1.60. The second-order valence-electron chi connectivity index (χ2n) is 10.1. The Morgan fingerprint density at radius 3 is 2.56 bits per heavy atom. The summed E-state index contributed by atoms with van der Waals surface area (Å²) in [4.78, 5) is 31.1. The largest absolute Gasteiger partial charge is 0.493 e. The van der Waals surface area contributed by atoms with Crippen LogP contribution in [0.4, 0.5) is 5.69 Å². The number of anilines is 1. The summed E-state index contributed by atoms with van der Waals surface area (Å²) in [5.74, 6) is 0.630. The molecule has 0 fully saturated rings. The Hall–Kier alpha value is -3.92. The van der Waals surface area contributed by atoms with Gasteiger partial charge in [0.15, 0.2) is 11.5 Å². The Morgan fingerprint density at radius 1 is 1.13 bits per heavy atom. The smallest absolute Gasteiger partial charge is 0.338 e. The highest BCUT2D eigenvalue weighted by molar-refractivity contribution is 7.17. The number of aryl methyl sites for hydroxylation is 1. The molecule has 0 radical (unpaired) electrons. The third kappa shape index (κ3) is 6.39. The molecule has 0 aliphatic carbocycles. The van der Waals surface area contributed by atoms with Crippen LogP contribution in [0, 0.1) is 6.92 Å². The molecular formula is C29H34N4O5S. The van der Waals surface area contributed by atoms with Gasteiger partial charge in [0.25, 0.3) is 5.91 Å². The van der Waals surface area contributed by atoms with Gasteiger partial charge in [0.1, 0.15) is 15.5 Å². The minimum absolute atomic E-state index is 0.212. The number of rotatable bonds is 7. The number of thiazole rings is 1. The van der Waals surface area contributed by atoms with Gasteiger partial charge in [-0.15, -0.1) is 11.3 Å². The maximum Gasteiger partial charge on any atom is 0.338 e. The molecule has 0 saturated carbocycles. The second kappa shape index (κ2) is 11.4. The zero-order valence-corrected chi connectivity index (χ0v) is 24.0. The molecule has 10 heteroatoms. The topological polar surface area (TPSA) is 116 Å². The van der Waals surface area contributed by atoms with Crippen molar-refractivity contribution in [3.05, 3.63) is 58.1 Å². The Morgan fingerprint density at radius 2 is 1.90 bits per heavy atom. The van der Waals surface area contributed by atoms with Gasteiger partial charge >= 0.3 is 5.97 Å². The van der Waals surface area contributed by atoms with Gasteiger partial charge in [-0.2, -0.15) is 5.10 Å². The number of methoxy groups -OCH3 is 1. The predicted molar refractivity (Wildman–Crippen MR) is 153 cm³/mol. The van der Waals surface area contributed by atoms with E-state index in [0.717, 1.165) is 24.1 Å². The van der Waals surface area contributed by atoms with Gasteiger partial charge in [-0.05, 0) is 83.9 Å². The molecule has 2 N–H and O–H groups in total. The zero-order chi connectivity index (χ0) is 28.3. The molecule has 206 valence electrons. The molecular weight excluding hydrogens is 516 g/mol. The quantitative estimate of drug-likeness (QED) is 0.296. The highest BCUT2D eigenvalue weighted by atomic mass is 32.1. The lowest BCUT2D eigenvalue weighted by atomic mass is 10.0. The van der Waals surface area contributed by atoms with Crippen LogP contribution in [0.2, 0.25) is 0 Å². The Labute approximate surface area is 232 Å². The number of amides is 1. The molecule has 39 heavy (non-hydrogen) atoms. The lowest BCUT2D eigenvalue weighted by Crippen LogP contribution is -2.32. The normalized spacial score (nSPS) is 13.6.